The number of carbonyl (C=O) groups excluding carboxylic acids is 3. The van der Waals surface area contributed by atoms with Crippen molar-refractivity contribution in [2.75, 3.05) is 11.4 Å². The van der Waals surface area contributed by atoms with Crippen molar-refractivity contribution < 1.29 is 23.2 Å². The van der Waals surface area contributed by atoms with Gasteiger partial charge in [-0.05, 0) is 74.6 Å². The molecule has 210 valence electrons. The van der Waals surface area contributed by atoms with Gasteiger partial charge >= 0.3 is 6.29 Å². The summed E-state index contributed by atoms with van der Waals surface area (Å²) in [5.41, 5.74) is 6.01. The molecule has 0 bridgehead atoms. The van der Waals surface area contributed by atoms with Crippen molar-refractivity contribution in [2.24, 2.45) is 0 Å². The number of hydrogen-bond acceptors (Lipinski definition) is 5. The standard InChI is InChI=1S/C29H31ClN4O2.CF2O/c1-17(2)34-28-22(21-9-10-25(29(21)34)33-13-3-4-27(33)36)15-19(16-23(28)24-11-12-31-32-24)26(35)14-18-5-7-20(30)8-6-18;2-1(3)4/h5-8,11-12,15-17,21,25,29H,3-4,9-10,13-14H2,1-2H3,(H,31,32);. The first kappa shape index (κ1) is 28.0. The summed E-state index contributed by atoms with van der Waals surface area (Å²) < 4.78 is 19.4. The molecule has 40 heavy (non-hydrogen) atoms. The van der Waals surface area contributed by atoms with E-state index in [9.17, 15) is 18.4 Å². The van der Waals surface area contributed by atoms with Crippen LogP contribution in [-0.4, -0.2) is 57.7 Å². The number of H-pyrrole nitrogens is 1. The number of hydrogen-bond donors (Lipinski definition) is 1. The molecule has 10 heteroatoms. The van der Waals surface area contributed by atoms with E-state index in [1.54, 1.807) is 6.20 Å². The average Bonchev–Trinajstić information content (AvgIpc) is 3.69. The first-order chi connectivity index (χ1) is 19.2. The minimum atomic E-state index is -2.83. The number of rotatable bonds is 6. The molecule has 3 atom stereocenters. The lowest BCUT2D eigenvalue weighted by Gasteiger charge is -2.39. The molecule has 2 aromatic carbocycles. The quantitative estimate of drug-likeness (QED) is 0.265. The fraction of sp³-hybridized carbons (Fsp3) is 0.400. The summed E-state index contributed by atoms with van der Waals surface area (Å²) in [6, 6.07) is 14.3. The second-order valence-corrected chi connectivity index (χ2v) is 11.3. The first-order valence-corrected chi connectivity index (χ1v) is 13.9. The molecule has 1 aliphatic carbocycles. The molecule has 1 saturated heterocycles. The van der Waals surface area contributed by atoms with Gasteiger partial charge in [0.15, 0.2) is 5.78 Å². The molecule has 1 amide bonds. The van der Waals surface area contributed by atoms with Gasteiger partial charge in [-0.25, -0.2) is 4.79 Å². The zero-order valence-electron chi connectivity index (χ0n) is 22.4. The van der Waals surface area contributed by atoms with Gasteiger partial charge in [0.25, 0.3) is 0 Å². The Bertz CT molecular complexity index is 1410. The number of aromatic nitrogens is 2. The number of benzene rings is 2. The molecule has 6 rings (SSSR count). The number of nitrogens with zero attached hydrogens (tertiary/aromatic N) is 3. The number of carbonyl (C=O) groups is 3. The maximum Gasteiger partial charge on any atom is 0.483 e. The predicted octanol–water partition coefficient (Wildman–Crippen LogP) is 6.67. The van der Waals surface area contributed by atoms with Crippen LogP contribution in [0.2, 0.25) is 5.02 Å². The first-order valence-electron chi connectivity index (χ1n) is 13.5. The Morgan fingerprint density at radius 3 is 2.45 bits per heavy atom. The number of aromatic amines is 1. The monoisotopic (exact) mass is 568 g/mol. The minimum Gasteiger partial charge on any atom is -0.363 e. The highest BCUT2D eigenvalue weighted by Gasteiger charge is 2.52. The predicted molar refractivity (Wildman–Crippen MR) is 149 cm³/mol. The summed E-state index contributed by atoms with van der Waals surface area (Å²) in [7, 11) is 0. The van der Waals surface area contributed by atoms with E-state index < -0.39 is 6.29 Å². The number of Topliss-reactive ketones (excluding diaryl/α,β-unsaturated/α-hetero) is 1. The largest absolute Gasteiger partial charge is 0.483 e. The van der Waals surface area contributed by atoms with Crippen LogP contribution in [-0.2, 0) is 11.2 Å². The molecule has 2 aliphatic heterocycles. The van der Waals surface area contributed by atoms with E-state index in [1.807, 2.05) is 36.4 Å². The van der Waals surface area contributed by atoms with Crippen LogP contribution in [0.1, 0.15) is 66.9 Å². The minimum absolute atomic E-state index is 0.0877. The number of fused-ring (bicyclic) bond motifs is 3. The van der Waals surface area contributed by atoms with Crippen LogP contribution in [0.4, 0.5) is 19.3 Å². The molecule has 3 unspecified atom stereocenters. The summed E-state index contributed by atoms with van der Waals surface area (Å²) in [4.78, 5) is 39.0. The highest BCUT2D eigenvalue weighted by atomic mass is 35.5. The third-order valence-electron chi connectivity index (χ3n) is 8.16. The van der Waals surface area contributed by atoms with Crippen LogP contribution in [0, 0.1) is 0 Å². The topological polar surface area (TPSA) is 86.4 Å². The Balaban J connectivity index is 0.000000758. The zero-order valence-corrected chi connectivity index (χ0v) is 23.1. The van der Waals surface area contributed by atoms with E-state index in [-0.39, 0.29) is 29.8 Å². The third-order valence-corrected chi connectivity index (χ3v) is 8.41. The summed E-state index contributed by atoms with van der Waals surface area (Å²) in [5, 5.41) is 8.01. The van der Waals surface area contributed by atoms with Crippen LogP contribution in [0.5, 0.6) is 0 Å². The summed E-state index contributed by atoms with van der Waals surface area (Å²) >= 11 is 6.04. The molecule has 3 heterocycles. The maximum atomic E-state index is 13.5. The zero-order chi connectivity index (χ0) is 28.6. The number of anilines is 1. The fourth-order valence-electron chi connectivity index (χ4n) is 6.68. The molecule has 2 fully saturated rings. The van der Waals surface area contributed by atoms with E-state index in [1.165, 1.54) is 11.3 Å². The maximum absolute atomic E-state index is 13.5. The molecule has 3 aliphatic rings. The van der Waals surface area contributed by atoms with Gasteiger partial charge in [0, 0.05) is 53.7 Å². The smallest absolute Gasteiger partial charge is 0.363 e. The van der Waals surface area contributed by atoms with Crippen LogP contribution in [0.15, 0.2) is 48.7 Å². The van der Waals surface area contributed by atoms with Crippen molar-refractivity contribution in [1.29, 1.82) is 0 Å². The van der Waals surface area contributed by atoms with Gasteiger partial charge in [0.2, 0.25) is 5.91 Å². The summed E-state index contributed by atoms with van der Waals surface area (Å²) in [6.07, 6.45) is 2.88. The van der Waals surface area contributed by atoms with Crippen molar-refractivity contribution in [3.05, 3.63) is 70.4 Å². The highest BCUT2D eigenvalue weighted by Crippen LogP contribution is 2.55. The lowest BCUT2D eigenvalue weighted by Crippen LogP contribution is -2.51. The van der Waals surface area contributed by atoms with E-state index in [2.05, 4.69) is 39.9 Å². The molecule has 3 aromatic rings. The van der Waals surface area contributed by atoms with Gasteiger partial charge in [0.1, 0.15) is 0 Å². The lowest BCUT2D eigenvalue weighted by atomic mass is 9.90. The van der Waals surface area contributed by atoms with E-state index in [0.29, 0.717) is 23.8 Å². The molecule has 1 N–H and O–H groups in total. The number of nitrogens with one attached hydrogen (secondary N) is 1. The molecular weight excluding hydrogens is 538 g/mol. The Morgan fingerprint density at radius 1 is 1.12 bits per heavy atom. The molecule has 0 spiro atoms. The second-order valence-electron chi connectivity index (χ2n) is 10.8. The van der Waals surface area contributed by atoms with Crippen LogP contribution >= 0.6 is 11.6 Å². The molecule has 0 radical (unpaired) electrons. The second kappa shape index (κ2) is 11.5. The van der Waals surface area contributed by atoms with E-state index >= 15 is 0 Å². The normalized spacial score (nSPS) is 21.4. The van der Waals surface area contributed by atoms with Gasteiger partial charge in [0.05, 0.1) is 23.5 Å². The molecular formula is C30H31ClF2N4O3. The Morgan fingerprint density at radius 2 is 1.85 bits per heavy atom. The van der Waals surface area contributed by atoms with Gasteiger partial charge in [-0.1, -0.05) is 23.7 Å². The van der Waals surface area contributed by atoms with E-state index in [4.69, 9.17) is 16.4 Å². The summed E-state index contributed by atoms with van der Waals surface area (Å²) in [6.45, 7) is 5.31. The van der Waals surface area contributed by atoms with Crippen molar-refractivity contribution in [1.82, 2.24) is 15.1 Å². The Hall–Kier alpha value is -3.59. The van der Waals surface area contributed by atoms with E-state index in [0.717, 1.165) is 48.2 Å². The number of amides is 1. The van der Waals surface area contributed by atoms with Crippen LogP contribution in [0.25, 0.3) is 11.3 Å². The lowest BCUT2D eigenvalue weighted by molar-refractivity contribution is -0.129. The summed E-state index contributed by atoms with van der Waals surface area (Å²) in [5.74, 6) is 0.670. The third kappa shape index (κ3) is 5.39. The molecule has 1 saturated carbocycles. The Labute approximate surface area is 236 Å². The Kier molecular flexibility index (Phi) is 8.03. The fourth-order valence-corrected chi connectivity index (χ4v) is 6.81. The van der Waals surface area contributed by atoms with Gasteiger partial charge in [-0.15, -0.1) is 8.78 Å². The number of ketones is 1. The average molecular weight is 569 g/mol. The van der Waals surface area contributed by atoms with Crippen molar-refractivity contribution in [3.8, 4) is 11.3 Å². The number of halogens is 3. The van der Waals surface area contributed by atoms with Crippen LogP contribution in [0.3, 0.4) is 0 Å². The number of likely N-dealkylation sites (tertiary alicyclic amines) is 1. The van der Waals surface area contributed by atoms with Gasteiger partial charge < -0.3 is 9.80 Å². The van der Waals surface area contributed by atoms with Gasteiger partial charge in [-0.3, -0.25) is 14.7 Å². The van der Waals surface area contributed by atoms with Crippen molar-refractivity contribution >= 4 is 35.3 Å². The molecule has 7 nitrogen and oxygen atoms in total. The van der Waals surface area contributed by atoms with Gasteiger partial charge in [-0.2, -0.15) is 5.10 Å². The SMILES string of the molecule is CC(C)N1c2c(-c3ccn[nH]3)cc(C(=O)Cc3ccc(Cl)cc3)cc2C2CCC(N3CCCC3=O)C21.O=C(F)F. The van der Waals surface area contributed by atoms with Crippen molar-refractivity contribution in [3.63, 3.8) is 0 Å². The van der Waals surface area contributed by atoms with Crippen molar-refractivity contribution in [2.45, 2.75) is 70.0 Å². The highest BCUT2D eigenvalue weighted by molar-refractivity contribution is 6.30. The van der Waals surface area contributed by atoms with Crippen LogP contribution < -0.4 is 4.90 Å². The molecule has 1 aromatic heterocycles.